The molecule has 106 valence electrons. The molecule has 0 bridgehead atoms. The number of halogens is 1. The Morgan fingerprint density at radius 1 is 1.37 bits per heavy atom. The molecule has 0 radical (unpaired) electrons. The number of hydrogen-bond donors (Lipinski definition) is 1. The maximum absolute atomic E-state index is 13.4. The molecule has 2 unspecified atom stereocenters. The van der Waals surface area contributed by atoms with Gasteiger partial charge in [-0.2, -0.15) is 0 Å². The van der Waals surface area contributed by atoms with Crippen LogP contribution in [0, 0.1) is 5.82 Å². The summed E-state index contributed by atoms with van der Waals surface area (Å²) in [4.78, 5) is 4.27. The lowest BCUT2D eigenvalue weighted by Crippen LogP contribution is -2.52. The molecule has 1 aromatic carbocycles. The minimum absolute atomic E-state index is 0.0607. The molecule has 0 spiro atoms. The minimum Gasteiger partial charge on any atom is -0.496 e. The summed E-state index contributed by atoms with van der Waals surface area (Å²) in [5.74, 6) is 0.164. The molecule has 1 saturated heterocycles. The Bertz CT molecular complexity index is 441. The van der Waals surface area contributed by atoms with Crippen LogP contribution >= 0.6 is 0 Å². The van der Waals surface area contributed by atoms with Gasteiger partial charge in [-0.3, -0.25) is 4.90 Å². The molecule has 1 aliphatic heterocycles. The van der Waals surface area contributed by atoms with E-state index >= 15 is 0 Å². The highest BCUT2D eigenvalue weighted by atomic mass is 19.1. The van der Waals surface area contributed by atoms with Gasteiger partial charge in [-0.25, -0.2) is 4.39 Å². The van der Waals surface area contributed by atoms with Gasteiger partial charge in [0, 0.05) is 25.2 Å². The molecule has 0 aliphatic carbocycles. The Morgan fingerprint density at radius 3 is 2.79 bits per heavy atom. The van der Waals surface area contributed by atoms with Crippen molar-refractivity contribution in [1.82, 2.24) is 9.80 Å². The fourth-order valence-electron chi connectivity index (χ4n) is 2.53. The van der Waals surface area contributed by atoms with Gasteiger partial charge in [0.1, 0.15) is 11.6 Å². The van der Waals surface area contributed by atoms with Gasteiger partial charge in [0.05, 0.1) is 19.3 Å². The first-order valence-corrected chi connectivity index (χ1v) is 6.43. The smallest absolute Gasteiger partial charge is 0.124 e. The number of piperazine rings is 1. The summed E-state index contributed by atoms with van der Waals surface area (Å²) in [6.45, 7) is 2.60. The lowest BCUT2D eigenvalue weighted by atomic mass is 9.98. The van der Waals surface area contributed by atoms with Crippen molar-refractivity contribution in [2.75, 3.05) is 40.8 Å². The average Bonchev–Trinajstić information content (AvgIpc) is 2.40. The van der Waals surface area contributed by atoms with E-state index in [0.29, 0.717) is 11.3 Å². The molecule has 2 atom stereocenters. The molecule has 0 aromatic heterocycles. The lowest BCUT2D eigenvalue weighted by Gasteiger charge is -2.40. The van der Waals surface area contributed by atoms with Crippen LogP contribution in [0.25, 0.3) is 0 Å². The van der Waals surface area contributed by atoms with Crippen LogP contribution in [0.3, 0.4) is 0 Å². The van der Waals surface area contributed by atoms with Crippen molar-refractivity contribution in [3.63, 3.8) is 0 Å². The van der Waals surface area contributed by atoms with E-state index in [1.807, 2.05) is 14.1 Å². The highest BCUT2D eigenvalue weighted by Crippen LogP contribution is 2.30. The number of aliphatic hydroxyl groups is 1. The predicted octanol–water partition coefficient (Wildman–Crippen LogP) is 1.11. The van der Waals surface area contributed by atoms with E-state index in [4.69, 9.17) is 4.74 Å². The topological polar surface area (TPSA) is 35.9 Å². The molecule has 0 amide bonds. The molecule has 5 heteroatoms. The Kier molecular flexibility index (Phi) is 4.39. The average molecular weight is 268 g/mol. The van der Waals surface area contributed by atoms with E-state index in [1.54, 1.807) is 6.07 Å². The van der Waals surface area contributed by atoms with Gasteiger partial charge in [0.2, 0.25) is 0 Å². The Labute approximate surface area is 113 Å². The molecule has 1 aliphatic rings. The van der Waals surface area contributed by atoms with Crippen molar-refractivity contribution >= 4 is 0 Å². The number of aliphatic hydroxyl groups excluding tert-OH is 1. The minimum atomic E-state index is -0.765. The second-order valence-corrected chi connectivity index (χ2v) is 5.14. The molecule has 1 fully saturated rings. The number of ether oxygens (including phenoxy) is 1. The maximum Gasteiger partial charge on any atom is 0.124 e. The van der Waals surface area contributed by atoms with Crippen molar-refractivity contribution in [3.05, 3.63) is 29.6 Å². The zero-order valence-electron chi connectivity index (χ0n) is 11.6. The highest BCUT2D eigenvalue weighted by Gasteiger charge is 2.31. The summed E-state index contributed by atoms with van der Waals surface area (Å²) >= 11 is 0. The fourth-order valence-corrected chi connectivity index (χ4v) is 2.53. The van der Waals surface area contributed by atoms with E-state index < -0.39 is 6.10 Å². The van der Waals surface area contributed by atoms with Gasteiger partial charge in [0.15, 0.2) is 0 Å². The summed E-state index contributed by atoms with van der Waals surface area (Å²) in [5.41, 5.74) is 0.509. The molecule has 4 nitrogen and oxygen atoms in total. The predicted molar refractivity (Wildman–Crippen MR) is 71.8 cm³/mol. The maximum atomic E-state index is 13.4. The van der Waals surface area contributed by atoms with Crippen molar-refractivity contribution in [2.24, 2.45) is 0 Å². The van der Waals surface area contributed by atoms with Crippen molar-refractivity contribution in [3.8, 4) is 5.75 Å². The van der Waals surface area contributed by atoms with E-state index in [9.17, 15) is 9.50 Å². The van der Waals surface area contributed by atoms with Crippen molar-refractivity contribution in [2.45, 2.75) is 12.1 Å². The number of benzene rings is 1. The molecule has 1 heterocycles. The standard InChI is InChI=1S/C14H21FN2O2/c1-16-6-7-17(2)12(9-16)14(18)11-8-10(15)4-5-13(11)19-3/h4-5,8,12,14,18H,6-7,9H2,1-3H3. The number of likely N-dealkylation sites (N-methyl/N-ethyl adjacent to an activating group) is 2. The van der Waals surface area contributed by atoms with Crippen LogP contribution in [-0.4, -0.2) is 61.8 Å². The number of methoxy groups -OCH3 is 1. The van der Waals surface area contributed by atoms with E-state index in [-0.39, 0.29) is 11.9 Å². The van der Waals surface area contributed by atoms with E-state index in [1.165, 1.54) is 19.2 Å². The van der Waals surface area contributed by atoms with E-state index in [2.05, 4.69) is 9.80 Å². The number of hydrogen-bond acceptors (Lipinski definition) is 4. The highest BCUT2D eigenvalue weighted by molar-refractivity contribution is 5.36. The van der Waals surface area contributed by atoms with Crippen LogP contribution in [0.4, 0.5) is 4.39 Å². The molecular formula is C14H21FN2O2. The van der Waals surface area contributed by atoms with Crippen molar-refractivity contribution in [1.29, 1.82) is 0 Å². The van der Waals surface area contributed by atoms with Crippen LogP contribution in [0.5, 0.6) is 5.75 Å². The van der Waals surface area contributed by atoms with Crippen LogP contribution in [-0.2, 0) is 0 Å². The molecule has 1 aromatic rings. The second-order valence-electron chi connectivity index (χ2n) is 5.14. The first-order chi connectivity index (χ1) is 9.02. The first kappa shape index (κ1) is 14.2. The Balaban J connectivity index is 2.27. The summed E-state index contributed by atoms with van der Waals surface area (Å²) in [7, 11) is 5.53. The SMILES string of the molecule is COc1ccc(F)cc1C(O)C1CN(C)CCN1C. The third-order valence-electron chi connectivity index (χ3n) is 3.77. The summed E-state index contributed by atoms with van der Waals surface area (Å²) < 4.78 is 18.6. The molecule has 19 heavy (non-hydrogen) atoms. The van der Waals surface area contributed by atoms with Gasteiger partial charge in [0.25, 0.3) is 0 Å². The summed E-state index contributed by atoms with van der Waals surface area (Å²) in [5, 5.41) is 10.6. The zero-order valence-corrected chi connectivity index (χ0v) is 11.6. The van der Waals surface area contributed by atoms with Gasteiger partial charge >= 0.3 is 0 Å². The monoisotopic (exact) mass is 268 g/mol. The van der Waals surface area contributed by atoms with Crippen LogP contribution in [0.1, 0.15) is 11.7 Å². The van der Waals surface area contributed by atoms with Gasteiger partial charge in [-0.1, -0.05) is 0 Å². The van der Waals surface area contributed by atoms with Crippen LogP contribution in [0.15, 0.2) is 18.2 Å². The van der Waals surface area contributed by atoms with Gasteiger partial charge < -0.3 is 14.7 Å². The fraction of sp³-hybridized carbons (Fsp3) is 0.571. The van der Waals surface area contributed by atoms with Crippen LogP contribution < -0.4 is 4.74 Å². The lowest BCUT2D eigenvalue weighted by molar-refractivity contribution is 0.0126. The van der Waals surface area contributed by atoms with Crippen molar-refractivity contribution < 1.29 is 14.2 Å². The Hall–Kier alpha value is -1.17. The summed E-state index contributed by atoms with van der Waals surface area (Å²) in [6, 6.07) is 4.19. The normalized spacial score (nSPS) is 23.3. The third-order valence-corrected chi connectivity index (χ3v) is 3.77. The molecular weight excluding hydrogens is 247 g/mol. The Morgan fingerprint density at radius 2 is 2.11 bits per heavy atom. The van der Waals surface area contributed by atoms with E-state index in [0.717, 1.165) is 19.6 Å². The van der Waals surface area contributed by atoms with Crippen LogP contribution in [0.2, 0.25) is 0 Å². The van der Waals surface area contributed by atoms with Gasteiger partial charge in [-0.05, 0) is 32.3 Å². The zero-order chi connectivity index (χ0) is 14.0. The summed E-state index contributed by atoms with van der Waals surface area (Å²) in [6.07, 6.45) is -0.765. The second kappa shape index (κ2) is 5.86. The van der Waals surface area contributed by atoms with Gasteiger partial charge in [-0.15, -0.1) is 0 Å². The quantitative estimate of drug-likeness (QED) is 0.891. The molecule has 0 saturated carbocycles. The third kappa shape index (κ3) is 3.05. The molecule has 1 N–H and O–H groups in total. The number of rotatable bonds is 3. The largest absolute Gasteiger partial charge is 0.496 e. The first-order valence-electron chi connectivity index (χ1n) is 6.43. The molecule has 2 rings (SSSR count). The number of nitrogens with zero attached hydrogens (tertiary/aromatic N) is 2.